The van der Waals surface area contributed by atoms with E-state index in [1.807, 2.05) is 20.8 Å². The van der Waals surface area contributed by atoms with E-state index >= 15 is 0 Å². The zero-order valence-electron chi connectivity index (χ0n) is 10.9. The third-order valence-corrected chi connectivity index (χ3v) is 2.53. The van der Waals surface area contributed by atoms with Gasteiger partial charge in [-0.1, -0.05) is 0 Å². The Balaban J connectivity index is 2.23. The van der Waals surface area contributed by atoms with Crippen molar-refractivity contribution in [2.45, 2.75) is 45.3 Å². The Labute approximate surface area is 103 Å². The van der Waals surface area contributed by atoms with E-state index in [1.54, 1.807) is 4.90 Å². The van der Waals surface area contributed by atoms with Gasteiger partial charge in [-0.15, -0.1) is 0 Å². The van der Waals surface area contributed by atoms with Crippen LogP contribution >= 0.6 is 0 Å². The Morgan fingerprint density at radius 2 is 2.18 bits per heavy atom. The van der Waals surface area contributed by atoms with Gasteiger partial charge in [0.25, 0.3) is 0 Å². The standard InChI is InChI=1S/C12H23NO4/c1-12(2,3)17-11(15)13-6-5-10(13)9-16-8-4-7-14/h10,14H,4-9H2,1-3H3. The third-order valence-electron chi connectivity index (χ3n) is 2.53. The quantitative estimate of drug-likeness (QED) is 0.744. The molecule has 1 fully saturated rings. The van der Waals surface area contributed by atoms with Crippen molar-refractivity contribution in [2.75, 3.05) is 26.4 Å². The fraction of sp³-hybridized carbons (Fsp3) is 0.917. The van der Waals surface area contributed by atoms with Crippen molar-refractivity contribution >= 4 is 6.09 Å². The molecule has 5 heteroatoms. The van der Waals surface area contributed by atoms with Gasteiger partial charge in [0, 0.05) is 19.8 Å². The number of hydrogen-bond acceptors (Lipinski definition) is 4. The normalized spacial score (nSPS) is 20.0. The van der Waals surface area contributed by atoms with Crippen LogP contribution in [-0.2, 0) is 9.47 Å². The molecule has 0 aromatic carbocycles. The summed E-state index contributed by atoms with van der Waals surface area (Å²) in [5, 5.41) is 8.61. The van der Waals surface area contributed by atoms with Crippen molar-refractivity contribution in [1.29, 1.82) is 0 Å². The summed E-state index contributed by atoms with van der Waals surface area (Å²) in [6.45, 7) is 7.52. The predicted octanol–water partition coefficient (Wildman–Crippen LogP) is 1.39. The lowest BCUT2D eigenvalue weighted by atomic mass is 10.1. The summed E-state index contributed by atoms with van der Waals surface area (Å²) in [5.41, 5.74) is -0.449. The molecule has 1 amide bonds. The van der Waals surface area contributed by atoms with Crippen molar-refractivity contribution < 1.29 is 19.4 Å². The van der Waals surface area contributed by atoms with E-state index < -0.39 is 5.60 Å². The first-order chi connectivity index (χ1) is 7.94. The number of carbonyl (C=O) groups is 1. The highest BCUT2D eigenvalue weighted by Gasteiger charge is 2.35. The lowest BCUT2D eigenvalue weighted by Crippen LogP contribution is -2.54. The molecule has 1 heterocycles. The lowest BCUT2D eigenvalue weighted by molar-refractivity contribution is -0.0293. The van der Waals surface area contributed by atoms with Gasteiger partial charge in [-0.3, -0.25) is 0 Å². The van der Waals surface area contributed by atoms with E-state index in [2.05, 4.69) is 0 Å². The van der Waals surface area contributed by atoms with Crippen LogP contribution in [0.25, 0.3) is 0 Å². The number of amides is 1. The van der Waals surface area contributed by atoms with Crippen LogP contribution in [0.15, 0.2) is 0 Å². The summed E-state index contributed by atoms with van der Waals surface area (Å²) in [6.07, 6.45) is 1.33. The van der Waals surface area contributed by atoms with E-state index in [1.165, 1.54) is 0 Å². The molecule has 0 saturated carbocycles. The summed E-state index contributed by atoms with van der Waals surface area (Å²) >= 11 is 0. The average Bonchev–Trinajstić information content (AvgIpc) is 2.12. The Morgan fingerprint density at radius 3 is 2.65 bits per heavy atom. The zero-order valence-corrected chi connectivity index (χ0v) is 10.9. The maximum atomic E-state index is 11.7. The summed E-state index contributed by atoms with van der Waals surface area (Å²) in [6, 6.07) is 0.128. The smallest absolute Gasteiger partial charge is 0.410 e. The van der Waals surface area contributed by atoms with Gasteiger partial charge in [-0.2, -0.15) is 0 Å². The van der Waals surface area contributed by atoms with Gasteiger partial charge in [-0.25, -0.2) is 4.79 Å². The van der Waals surface area contributed by atoms with Crippen LogP contribution in [0, 0.1) is 0 Å². The summed E-state index contributed by atoms with van der Waals surface area (Å²) < 4.78 is 10.7. The summed E-state index contributed by atoms with van der Waals surface area (Å²) in [4.78, 5) is 13.4. The van der Waals surface area contributed by atoms with Gasteiger partial charge in [-0.05, 0) is 33.6 Å². The summed E-state index contributed by atoms with van der Waals surface area (Å²) in [7, 11) is 0. The number of carbonyl (C=O) groups excluding carboxylic acids is 1. The molecule has 1 rings (SSSR count). The molecule has 0 aromatic heterocycles. The lowest BCUT2D eigenvalue weighted by Gasteiger charge is -2.41. The number of aliphatic hydroxyl groups is 1. The fourth-order valence-corrected chi connectivity index (χ4v) is 1.56. The second-order valence-electron chi connectivity index (χ2n) is 5.27. The van der Waals surface area contributed by atoms with Crippen LogP contribution < -0.4 is 0 Å². The van der Waals surface area contributed by atoms with Gasteiger partial charge in [0.15, 0.2) is 0 Å². The molecular weight excluding hydrogens is 222 g/mol. The van der Waals surface area contributed by atoms with Crippen molar-refractivity contribution in [3.63, 3.8) is 0 Å². The molecule has 17 heavy (non-hydrogen) atoms. The fourth-order valence-electron chi connectivity index (χ4n) is 1.56. The van der Waals surface area contributed by atoms with E-state index in [4.69, 9.17) is 14.6 Å². The Morgan fingerprint density at radius 1 is 1.47 bits per heavy atom. The molecule has 1 atom stereocenters. The van der Waals surface area contributed by atoms with Gasteiger partial charge in [0.1, 0.15) is 5.60 Å². The largest absolute Gasteiger partial charge is 0.444 e. The molecule has 1 aliphatic heterocycles. The number of rotatable bonds is 5. The maximum absolute atomic E-state index is 11.7. The summed E-state index contributed by atoms with van der Waals surface area (Å²) in [5.74, 6) is 0. The number of ether oxygens (including phenoxy) is 2. The van der Waals surface area contributed by atoms with Gasteiger partial charge in [0.2, 0.25) is 0 Å². The Bertz CT molecular complexity index is 249. The molecule has 100 valence electrons. The third kappa shape index (κ3) is 4.91. The first-order valence-corrected chi connectivity index (χ1v) is 6.12. The van der Waals surface area contributed by atoms with E-state index in [0.29, 0.717) is 19.6 Å². The Kier molecular flexibility index (Phi) is 5.21. The minimum absolute atomic E-state index is 0.128. The molecule has 1 saturated heterocycles. The molecule has 0 aromatic rings. The van der Waals surface area contributed by atoms with Gasteiger partial charge >= 0.3 is 6.09 Å². The SMILES string of the molecule is CC(C)(C)OC(=O)N1CCC1COCCCO. The first kappa shape index (κ1) is 14.3. The van der Waals surface area contributed by atoms with Crippen LogP contribution in [0.2, 0.25) is 0 Å². The van der Waals surface area contributed by atoms with E-state index in [-0.39, 0.29) is 18.7 Å². The molecule has 0 spiro atoms. The molecular formula is C12H23NO4. The minimum atomic E-state index is -0.449. The molecule has 0 radical (unpaired) electrons. The van der Waals surface area contributed by atoms with E-state index in [9.17, 15) is 4.79 Å². The highest BCUT2D eigenvalue weighted by Crippen LogP contribution is 2.21. The van der Waals surface area contributed by atoms with Crippen molar-refractivity contribution in [3.05, 3.63) is 0 Å². The Hall–Kier alpha value is -0.810. The topological polar surface area (TPSA) is 59.0 Å². The van der Waals surface area contributed by atoms with Crippen LogP contribution in [0.5, 0.6) is 0 Å². The van der Waals surface area contributed by atoms with Crippen molar-refractivity contribution in [1.82, 2.24) is 4.90 Å². The highest BCUT2D eigenvalue weighted by atomic mass is 16.6. The van der Waals surface area contributed by atoms with Crippen LogP contribution in [0.3, 0.4) is 0 Å². The molecule has 0 bridgehead atoms. The molecule has 1 aliphatic rings. The number of nitrogens with zero attached hydrogens (tertiary/aromatic N) is 1. The predicted molar refractivity (Wildman–Crippen MR) is 63.9 cm³/mol. The minimum Gasteiger partial charge on any atom is -0.444 e. The number of likely N-dealkylation sites (tertiary alicyclic amines) is 1. The molecule has 1 N–H and O–H groups in total. The second kappa shape index (κ2) is 6.21. The van der Waals surface area contributed by atoms with Crippen LogP contribution in [0.1, 0.15) is 33.6 Å². The van der Waals surface area contributed by atoms with Crippen molar-refractivity contribution in [3.8, 4) is 0 Å². The van der Waals surface area contributed by atoms with Gasteiger partial charge in [0.05, 0.1) is 12.6 Å². The zero-order chi connectivity index (χ0) is 12.9. The van der Waals surface area contributed by atoms with Gasteiger partial charge < -0.3 is 19.5 Å². The monoisotopic (exact) mass is 245 g/mol. The number of hydrogen-bond donors (Lipinski definition) is 1. The van der Waals surface area contributed by atoms with E-state index in [0.717, 1.165) is 13.0 Å². The van der Waals surface area contributed by atoms with Crippen LogP contribution in [-0.4, -0.2) is 54.1 Å². The molecule has 5 nitrogen and oxygen atoms in total. The molecule has 1 unspecified atom stereocenters. The molecule has 0 aliphatic carbocycles. The average molecular weight is 245 g/mol. The van der Waals surface area contributed by atoms with Crippen LogP contribution in [0.4, 0.5) is 4.79 Å². The maximum Gasteiger partial charge on any atom is 0.410 e. The number of aliphatic hydroxyl groups excluding tert-OH is 1. The van der Waals surface area contributed by atoms with Crippen molar-refractivity contribution in [2.24, 2.45) is 0 Å². The highest BCUT2D eigenvalue weighted by molar-refractivity contribution is 5.69. The second-order valence-corrected chi connectivity index (χ2v) is 5.27. The first-order valence-electron chi connectivity index (χ1n) is 6.12.